The Morgan fingerprint density at radius 1 is 1.20 bits per heavy atom. The first-order chi connectivity index (χ1) is 14.2. The van der Waals surface area contributed by atoms with Crippen LogP contribution < -0.4 is 15.7 Å². The van der Waals surface area contributed by atoms with Gasteiger partial charge in [-0.25, -0.2) is 0 Å². The third-order valence-electron chi connectivity index (χ3n) is 4.29. The molecule has 0 saturated carbocycles. The molecule has 0 fully saturated rings. The van der Waals surface area contributed by atoms with E-state index in [9.17, 15) is 18.0 Å². The van der Waals surface area contributed by atoms with Crippen LogP contribution in [0.1, 0.15) is 39.7 Å². The van der Waals surface area contributed by atoms with E-state index in [0.717, 1.165) is 0 Å². The van der Waals surface area contributed by atoms with E-state index in [-0.39, 0.29) is 34.2 Å². The summed E-state index contributed by atoms with van der Waals surface area (Å²) in [6.07, 6.45) is 2.06. The van der Waals surface area contributed by atoms with Crippen LogP contribution in [0.5, 0.6) is 0 Å². The Hall–Kier alpha value is -2.61. The summed E-state index contributed by atoms with van der Waals surface area (Å²) in [4.78, 5) is 24.6. The zero-order chi connectivity index (χ0) is 22.0. The van der Waals surface area contributed by atoms with Crippen LogP contribution in [0.15, 0.2) is 18.3 Å². The minimum atomic E-state index is -1.09. The second-order valence-electron chi connectivity index (χ2n) is 7.13. The molecule has 0 spiro atoms. The molecular formula is C19H21AsF3N6O. The van der Waals surface area contributed by atoms with E-state index in [0.29, 0.717) is 39.0 Å². The summed E-state index contributed by atoms with van der Waals surface area (Å²) in [5, 5.41) is 2.61. The van der Waals surface area contributed by atoms with E-state index in [1.54, 1.807) is 10.8 Å². The van der Waals surface area contributed by atoms with Crippen molar-refractivity contribution in [2.24, 2.45) is 5.73 Å². The number of carbonyl (C=O) groups excluding carboxylic acids is 1. The van der Waals surface area contributed by atoms with Crippen LogP contribution in [0, 0.1) is 17.5 Å². The van der Waals surface area contributed by atoms with E-state index in [2.05, 4.69) is 34.1 Å². The number of halogens is 3. The number of amides is 1. The molecule has 30 heavy (non-hydrogen) atoms. The molecule has 159 valence electrons. The Morgan fingerprint density at radius 2 is 1.87 bits per heavy atom. The third kappa shape index (κ3) is 4.92. The summed E-state index contributed by atoms with van der Waals surface area (Å²) >= 11 is -0.274. The van der Waals surface area contributed by atoms with Gasteiger partial charge in [-0.1, -0.05) is 0 Å². The second kappa shape index (κ2) is 9.04. The first-order valence-electron chi connectivity index (χ1n) is 9.31. The summed E-state index contributed by atoms with van der Waals surface area (Å²) in [6.45, 7) is 5.98. The predicted octanol–water partition coefficient (Wildman–Crippen LogP) is 2.97. The van der Waals surface area contributed by atoms with Crippen LogP contribution in [0.2, 0.25) is 4.71 Å². The Balaban J connectivity index is 2.10. The molecule has 0 aliphatic heterocycles. The Labute approximate surface area is 178 Å². The van der Waals surface area contributed by atoms with Gasteiger partial charge in [-0.05, 0) is 0 Å². The number of benzene rings is 1. The van der Waals surface area contributed by atoms with Gasteiger partial charge in [-0.15, -0.1) is 0 Å². The van der Waals surface area contributed by atoms with Crippen molar-refractivity contribution in [2.75, 3.05) is 5.32 Å². The molecule has 3 N–H and O–H groups in total. The molecule has 1 amide bonds. The fraction of sp³-hybridized carbons (Fsp3) is 0.368. The minimum absolute atomic E-state index is 0.110. The van der Waals surface area contributed by atoms with Crippen molar-refractivity contribution < 1.29 is 18.0 Å². The van der Waals surface area contributed by atoms with Crippen LogP contribution in [0.25, 0.3) is 11.2 Å². The summed E-state index contributed by atoms with van der Waals surface area (Å²) in [5.41, 5.74) is 5.65. The number of hydrogen-bond donors (Lipinski definition) is 2. The molecule has 0 aliphatic carbocycles. The topological polar surface area (TPSA) is 98.7 Å². The van der Waals surface area contributed by atoms with Crippen molar-refractivity contribution in [3.8, 4) is 0 Å². The number of nitrogens with one attached hydrogen (secondary N) is 1. The quantitative estimate of drug-likeness (QED) is 0.482. The van der Waals surface area contributed by atoms with Crippen molar-refractivity contribution >= 4 is 49.1 Å². The van der Waals surface area contributed by atoms with Crippen molar-refractivity contribution in [3.05, 3.63) is 35.8 Å². The van der Waals surface area contributed by atoms with Gasteiger partial charge in [0.05, 0.1) is 0 Å². The van der Waals surface area contributed by atoms with Gasteiger partial charge in [0.15, 0.2) is 0 Å². The standard InChI is InChI=1S/C19H21AsF3N6O/c1-9(2)20-18-25-8-14-17(28-18)29(10(3)4-5-15(24)30)19(26-14)27-16-12(22)6-11(21)7-13(16)23/h6-10H,4-5H2,1-3H3,(H2,24,30)(H,26,27)/t10-/m0/s1. The van der Waals surface area contributed by atoms with Crippen LogP contribution in [0.4, 0.5) is 24.8 Å². The first-order valence-corrected chi connectivity index (χ1v) is 11.3. The molecule has 1 atom stereocenters. The summed E-state index contributed by atoms with van der Waals surface area (Å²) in [6, 6.07) is 0.855. The third-order valence-corrected chi connectivity index (χ3v) is 6.31. The molecular weight excluding hydrogens is 460 g/mol. The zero-order valence-electron chi connectivity index (χ0n) is 16.7. The molecule has 0 aliphatic rings. The SMILES string of the molecule is CC(C)[As]c1ncc2nc(Nc3c(F)cc(F)cc3F)n([C@@H](C)CCC(N)=O)c2n1. The number of aromatic nitrogens is 4. The molecule has 0 saturated heterocycles. The fourth-order valence-electron chi connectivity index (χ4n) is 2.93. The maximum absolute atomic E-state index is 14.2. The van der Waals surface area contributed by atoms with Gasteiger partial charge in [0, 0.05) is 0 Å². The van der Waals surface area contributed by atoms with Crippen molar-refractivity contribution in [3.63, 3.8) is 0 Å². The van der Waals surface area contributed by atoms with E-state index < -0.39 is 29.0 Å². The second-order valence-corrected chi connectivity index (χ2v) is 10.7. The number of carbonyl (C=O) groups is 1. The molecule has 7 nitrogen and oxygen atoms in total. The van der Waals surface area contributed by atoms with Crippen LogP contribution in [0.3, 0.4) is 0 Å². The van der Waals surface area contributed by atoms with Crippen molar-refractivity contribution in [1.82, 2.24) is 19.5 Å². The van der Waals surface area contributed by atoms with Gasteiger partial charge in [-0.2, -0.15) is 0 Å². The maximum atomic E-state index is 14.2. The average molecular weight is 481 g/mol. The molecule has 2 heterocycles. The molecule has 0 unspecified atom stereocenters. The predicted molar refractivity (Wildman–Crippen MR) is 109 cm³/mol. The molecule has 3 aromatic rings. The van der Waals surface area contributed by atoms with Crippen LogP contribution in [-0.2, 0) is 4.79 Å². The van der Waals surface area contributed by atoms with Crippen molar-refractivity contribution in [2.45, 2.75) is 44.4 Å². The fourth-order valence-corrected chi connectivity index (χ4v) is 4.48. The summed E-state index contributed by atoms with van der Waals surface area (Å²) in [5.74, 6) is -3.55. The van der Waals surface area contributed by atoms with Gasteiger partial charge >= 0.3 is 178 Å². The number of nitrogens with zero attached hydrogens (tertiary/aromatic N) is 4. The normalized spacial score (nSPS) is 12.9. The van der Waals surface area contributed by atoms with Crippen LogP contribution >= 0.6 is 0 Å². The average Bonchev–Trinajstić information content (AvgIpc) is 2.99. The Kier molecular flexibility index (Phi) is 6.65. The molecule has 1 aromatic carbocycles. The number of rotatable bonds is 8. The summed E-state index contributed by atoms with van der Waals surface area (Å²) < 4.78 is 44.4. The number of imidazole rings is 1. The van der Waals surface area contributed by atoms with Gasteiger partial charge in [-0.3, -0.25) is 0 Å². The number of primary amides is 1. The van der Waals surface area contributed by atoms with E-state index in [1.165, 1.54) is 0 Å². The van der Waals surface area contributed by atoms with Gasteiger partial charge in [0.2, 0.25) is 0 Å². The Bertz CT molecular complexity index is 1060. The number of nitrogens with two attached hydrogens (primary N) is 1. The Morgan fingerprint density at radius 3 is 2.47 bits per heavy atom. The number of anilines is 2. The van der Waals surface area contributed by atoms with E-state index >= 15 is 0 Å². The number of fused-ring (bicyclic) bond motifs is 1. The van der Waals surface area contributed by atoms with Gasteiger partial charge in [0.1, 0.15) is 0 Å². The molecule has 2 aromatic heterocycles. The first kappa shape index (κ1) is 22.1. The van der Waals surface area contributed by atoms with Crippen LogP contribution in [-0.4, -0.2) is 41.2 Å². The monoisotopic (exact) mass is 481 g/mol. The molecule has 3 rings (SSSR count). The molecule has 1 radical (unpaired) electrons. The van der Waals surface area contributed by atoms with Crippen molar-refractivity contribution in [1.29, 1.82) is 0 Å². The summed E-state index contributed by atoms with van der Waals surface area (Å²) in [7, 11) is 0. The zero-order valence-corrected chi connectivity index (χ0v) is 18.5. The number of hydrogen-bond acceptors (Lipinski definition) is 5. The molecule has 11 heteroatoms. The van der Waals surface area contributed by atoms with E-state index in [4.69, 9.17) is 5.73 Å². The van der Waals surface area contributed by atoms with Gasteiger partial charge < -0.3 is 0 Å². The van der Waals surface area contributed by atoms with E-state index in [1.807, 2.05) is 6.92 Å². The van der Waals surface area contributed by atoms with Gasteiger partial charge in [0.25, 0.3) is 0 Å². The molecule has 0 bridgehead atoms.